The number of furan rings is 1. The average Bonchev–Trinajstić information content (AvgIpc) is 3.25. The first-order chi connectivity index (χ1) is 12.2. The first kappa shape index (κ1) is 16.4. The smallest absolute Gasteiger partial charge is 0.220 e. The number of likely N-dealkylation sites (tertiary alicyclic amines) is 1. The Morgan fingerprint density at radius 1 is 1.28 bits per heavy atom. The molecule has 0 radical (unpaired) electrons. The van der Waals surface area contributed by atoms with Gasteiger partial charge in [-0.1, -0.05) is 24.3 Å². The Morgan fingerprint density at radius 3 is 2.80 bits per heavy atom. The van der Waals surface area contributed by atoms with E-state index in [0.717, 1.165) is 26.1 Å². The maximum absolute atomic E-state index is 12.0. The van der Waals surface area contributed by atoms with Gasteiger partial charge in [0, 0.05) is 25.6 Å². The van der Waals surface area contributed by atoms with Gasteiger partial charge >= 0.3 is 0 Å². The summed E-state index contributed by atoms with van der Waals surface area (Å²) in [5.74, 6) is 0.505. The maximum Gasteiger partial charge on any atom is 0.220 e. The lowest BCUT2D eigenvalue weighted by Gasteiger charge is -2.40. The van der Waals surface area contributed by atoms with E-state index in [-0.39, 0.29) is 11.3 Å². The number of benzene rings is 1. The number of hydrogen-bond donors (Lipinski definition) is 1. The van der Waals surface area contributed by atoms with Crippen molar-refractivity contribution in [2.75, 3.05) is 20.1 Å². The predicted molar refractivity (Wildman–Crippen MR) is 97.4 cm³/mol. The van der Waals surface area contributed by atoms with E-state index in [2.05, 4.69) is 40.5 Å². The van der Waals surface area contributed by atoms with Crippen LogP contribution in [0.1, 0.15) is 48.3 Å². The summed E-state index contributed by atoms with van der Waals surface area (Å²) in [6, 6.07) is 10.8. The molecule has 1 saturated heterocycles. The van der Waals surface area contributed by atoms with Crippen molar-refractivity contribution in [1.82, 2.24) is 10.2 Å². The minimum absolute atomic E-state index is 0.147. The molecular formula is C21H26N2O2. The van der Waals surface area contributed by atoms with Gasteiger partial charge in [-0.3, -0.25) is 9.69 Å². The summed E-state index contributed by atoms with van der Waals surface area (Å²) in [5, 5.41) is 2.79. The van der Waals surface area contributed by atoms with Crippen LogP contribution in [0.3, 0.4) is 0 Å². The largest absolute Gasteiger partial charge is 0.472 e. The number of rotatable bonds is 4. The number of nitrogens with one attached hydrogen (secondary N) is 1. The van der Waals surface area contributed by atoms with Crippen LogP contribution >= 0.6 is 0 Å². The zero-order chi connectivity index (χ0) is 17.3. The second kappa shape index (κ2) is 6.68. The summed E-state index contributed by atoms with van der Waals surface area (Å²) in [6.45, 7) is 3.17. The molecule has 1 aliphatic heterocycles. The number of piperidine rings is 1. The molecule has 2 aromatic rings. The number of carbonyl (C=O) groups is 1. The first-order valence-corrected chi connectivity index (χ1v) is 9.24. The van der Waals surface area contributed by atoms with Crippen LogP contribution in [0, 0.1) is 0 Å². The van der Waals surface area contributed by atoms with Crippen LogP contribution in [0.25, 0.3) is 0 Å². The number of hydrogen-bond acceptors (Lipinski definition) is 3. The fourth-order valence-electron chi connectivity index (χ4n) is 4.79. The van der Waals surface area contributed by atoms with Crippen molar-refractivity contribution in [3.63, 3.8) is 0 Å². The summed E-state index contributed by atoms with van der Waals surface area (Å²) >= 11 is 0. The highest BCUT2D eigenvalue weighted by Gasteiger charge is 2.45. The number of fused-ring (bicyclic) bond motifs is 2. The molecule has 1 spiro atoms. The van der Waals surface area contributed by atoms with Crippen molar-refractivity contribution in [2.24, 2.45) is 0 Å². The Kier molecular flexibility index (Phi) is 4.38. The second-order valence-corrected chi connectivity index (χ2v) is 7.55. The van der Waals surface area contributed by atoms with Gasteiger partial charge in [0.15, 0.2) is 0 Å². The molecule has 2 heterocycles. The topological polar surface area (TPSA) is 45.5 Å². The van der Waals surface area contributed by atoms with Crippen LogP contribution in [0.4, 0.5) is 0 Å². The third-order valence-corrected chi connectivity index (χ3v) is 6.12. The van der Waals surface area contributed by atoms with E-state index in [4.69, 9.17) is 4.42 Å². The van der Waals surface area contributed by atoms with E-state index < -0.39 is 0 Å². The second-order valence-electron chi connectivity index (χ2n) is 7.55. The Bertz CT molecular complexity index is 730. The Morgan fingerprint density at radius 2 is 2.08 bits per heavy atom. The summed E-state index contributed by atoms with van der Waals surface area (Å²) in [4.78, 5) is 14.5. The Balaban J connectivity index is 1.50. The molecule has 1 aliphatic carbocycles. The van der Waals surface area contributed by atoms with Gasteiger partial charge < -0.3 is 9.73 Å². The zero-order valence-corrected chi connectivity index (χ0v) is 14.8. The van der Waals surface area contributed by atoms with E-state index in [9.17, 15) is 4.79 Å². The van der Waals surface area contributed by atoms with Crippen molar-refractivity contribution in [2.45, 2.75) is 43.6 Å². The van der Waals surface area contributed by atoms with E-state index in [1.807, 2.05) is 6.26 Å². The van der Waals surface area contributed by atoms with Crippen LogP contribution in [-0.2, 0) is 16.8 Å². The standard InChI is InChI=1S/C21H26N2O2/c1-22-20(24)12-17-13-21(19-5-3-2-4-18(17)19)7-9-23(10-8-21)14-16-6-11-25-15-16/h2-6,11,15,17H,7-10,12-14H2,1H3,(H,22,24). The van der Waals surface area contributed by atoms with E-state index in [0.29, 0.717) is 12.3 Å². The van der Waals surface area contributed by atoms with Crippen molar-refractivity contribution >= 4 is 5.91 Å². The third kappa shape index (κ3) is 3.11. The molecule has 1 unspecified atom stereocenters. The minimum Gasteiger partial charge on any atom is -0.472 e. The van der Waals surface area contributed by atoms with Crippen molar-refractivity contribution in [3.8, 4) is 0 Å². The molecule has 2 aliphatic rings. The highest BCUT2D eigenvalue weighted by atomic mass is 16.3. The number of nitrogens with zero attached hydrogens (tertiary/aromatic N) is 1. The highest BCUT2D eigenvalue weighted by Crippen LogP contribution is 2.52. The summed E-state index contributed by atoms with van der Waals surface area (Å²) in [7, 11) is 1.73. The van der Waals surface area contributed by atoms with Gasteiger partial charge in [0.05, 0.1) is 12.5 Å². The van der Waals surface area contributed by atoms with Crippen LogP contribution in [-0.4, -0.2) is 30.9 Å². The van der Waals surface area contributed by atoms with E-state index >= 15 is 0 Å². The van der Waals surface area contributed by atoms with Gasteiger partial charge in [0.25, 0.3) is 0 Å². The van der Waals surface area contributed by atoms with Crippen LogP contribution in [0.15, 0.2) is 47.3 Å². The maximum atomic E-state index is 12.0. The van der Waals surface area contributed by atoms with Gasteiger partial charge in [-0.2, -0.15) is 0 Å². The van der Waals surface area contributed by atoms with Gasteiger partial charge in [0.2, 0.25) is 5.91 Å². The molecule has 1 aromatic carbocycles. The third-order valence-electron chi connectivity index (χ3n) is 6.12. The van der Waals surface area contributed by atoms with E-state index in [1.165, 1.54) is 29.5 Å². The van der Waals surface area contributed by atoms with E-state index in [1.54, 1.807) is 13.3 Å². The predicted octanol–water partition coefficient (Wildman–Crippen LogP) is 3.44. The monoisotopic (exact) mass is 338 g/mol. The lowest BCUT2D eigenvalue weighted by atomic mass is 9.73. The normalized spacial score (nSPS) is 22.0. The van der Waals surface area contributed by atoms with Gasteiger partial charge in [0.1, 0.15) is 0 Å². The molecule has 25 heavy (non-hydrogen) atoms. The summed E-state index contributed by atoms with van der Waals surface area (Å²) < 4.78 is 5.19. The Labute approximate surface area is 149 Å². The molecule has 1 atom stereocenters. The fourth-order valence-corrected chi connectivity index (χ4v) is 4.79. The van der Waals surface area contributed by atoms with Crippen molar-refractivity contribution < 1.29 is 9.21 Å². The van der Waals surface area contributed by atoms with Gasteiger partial charge in [-0.25, -0.2) is 0 Å². The zero-order valence-electron chi connectivity index (χ0n) is 14.8. The molecule has 0 bridgehead atoms. The summed E-state index contributed by atoms with van der Waals surface area (Å²) in [5.41, 5.74) is 4.39. The molecule has 4 nitrogen and oxygen atoms in total. The molecule has 4 rings (SSSR count). The van der Waals surface area contributed by atoms with Crippen LogP contribution in [0.2, 0.25) is 0 Å². The SMILES string of the molecule is CNC(=O)CC1CC2(CCN(Cc3ccoc3)CC2)c2ccccc21. The number of amides is 1. The van der Waals surface area contributed by atoms with Crippen molar-refractivity contribution in [1.29, 1.82) is 0 Å². The lowest BCUT2D eigenvalue weighted by molar-refractivity contribution is -0.121. The quantitative estimate of drug-likeness (QED) is 0.929. The van der Waals surface area contributed by atoms with Gasteiger partial charge in [-0.15, -0.1) is 0 Å². The van der Waals surface area contributed by atoms with Gasteiger partial charge in [-0.05, 0) is 60.9 Å². The molecular weight excluding hydrogens is 312 g/mol. The molecule has 1 aromatic heterocycles. The molecule has 132 valence electrons. The fraction of sp³-hybridized carbons (Fsp3) is 0.476. The van der Waals surface area contributed by atoms with Crippen LogP contribution < -0.4 is 5.32 Å². The number of carbonyl (C=O) groups excluding carboxylic acids is 1. The molecule has 0 saturated carbocycles. The minimum atomic E-state index is 0.147. The van der Waals surface area contributed by atoms with Crippen molar-refractivity contribution in [3.05, 3.63) is 59.5 Å². The summed E-state index contributed by atoms with van der Waals surface area (Å²) in [6.07, 6.45) is 7.65. The molecule has 1 fully saturated rings. The molecule has 4 heteroatoms. The first-order valence-electron chi connectivity index (χ1n) is 9.24. The lowest BCUT2D eigenvalue weighted by Crippen LogP contribution is -2.41. The highest BCUT2D eigenvalue weighted by molar-refractivity contribution is 5.77. The van der Waals surface area contributed by atoms with Crippen LogP contribution in [0.5, 0.6) is 0 Å². The average molecular weight is 338 g/mol. The molecule has 1 amide bonds. The Hall–Kier alpha value is -2.07. The molecule has 1 N–H and O–H groups in total.